The number of nitrogens with zero attached hydrogens (tertiary/aromatic N) is 2. The Balaban J connectivity index is 1.73. The molecule has 3 N–H and O–H groups in total. The van der Waals surface area contributed by atoms with Gasteiger partial charge >= 0.3 is 0 Å². The fraction of sp³-hybridized carbons (Fsp3) is 0.267. The number of benzene rings is 1. The number of rotatable bonds is 6. The lowest BCUT2D eigenvalue weighted by molar-refractivity contribution is -0.129. The molecular weight excluding hydrogens is 320 g/mol. The quantitative estimate of drug-likeness (QED) is 0.675. The van der Waals surface area contributed by atoms with Gasteiger partial charge in [-0.15, -0.1) is 0 Å². The third-order valence-corrected chi connectivity index (χ3v) is 3.36. The van der Waals surface area contributed by atoms with Crippen LogP contribution in [0.3, 0.4) is 0 Å². The van der Waals surface area contributed by atoms with E-state index in [9.17, 15) is 14.7 Å². The van der Waals surface area contributed by atoms with Crippen molar-refractivity contribution in [2.75, 3.05) is 13.1 Å². The highest BCUT2D eigenvalue weighted by molar-refractivity contribution is 6.30. The molecule has 2 aromatic rings. The predicted molar refractivity (Wildman–Crippen MR) is 85.0 cm³/mol. The Hall–Kier alpha value is -2.38. The number of hydrogen-bond acceptors (Lipinski definition) is 4. The fourth-order valence-electron chi connectivity index (χ4n) is 1.89. The van der Waals surface area contributed by atoms with Crippen molar-refractivity contribution in [3.63, 3.8) is 0 Å². The molecule has 1 unspecified atom stereocenters. The molecule has 0 saturated heterocycles. The Morgan fingerprint density at radius 1 is 1.26 bits per heavy atom. The van der Waals surface area contributed by atoms with Crippen LogP contribution in [0.1, 0.15) is 22.0 Å². The molecule has 1 atom stereocenters. The van der Waals surface area contributed by atoms with Gasteiger partial charge in [-0.3, -0.25) is 14.3 Å². The van der Waals surface area contributed by atoms with Crippen LogP contribution in [0.2, 0.25) is 5.02 Å². The molecule has 1 aromatic heterocycles. The summed E-state index contributed by atoms with van der Waals surface area (Å²) in [6.07, 6.45) is 1.70. The normalized spacial score (nSPS) is 11.8. The first kappa shape index (κ1) is 17.0. The second-order valence-corrected chi connectivity index (χ2v) is 5.34. The summed E-state index contributed by atoms with van der Waals surface area (Å²) < 4.78 is 1.50. The van der Waals surface area contributed by atoms with Crippen LogP contribution in [0.4, 0.5) is 0 Å². The van der Waals surface area contributed by atoms with Gasteiger partial charge in [-0.05, 0) is 24.3 Å². The SMILES string of the molecule is Cn1cc(C(O)C(=O)NCCNC(=O)c2ccc(Cl)cc2)cn1. The van der Waals surface area contributed by atoms with Gasteiger partial charge < -0.3 is 15.7 Å². The van der Waals surface area contributed by atoms with Crippen molar-refractivity contribution in [3.8, 4) is 0 Å². The molecule has 8 heteroatoms. The molecule has 0 aliphatic heterocycles. The van der Waals surface area contributed by atoms with E-state index in [0.29, 0.717) is 16.1 Å². The van der Waals surface area contributed by atoms with Crippen LogP contribution in [-0.4, -0.2) is 39.8 Å². The maximum absolute atomic E-state index is 11.8. The summed E-state index contributed by atoms with van der Waals surface area (Å²) in [5.41, 5.74) is 0.895. The summed E-state index contributed by atoms with van der Waals surface area (Å²) in [5, 5.41) is 19.5. The highest BCUT2D eigenvalue weighted by Gasteiger charge is 2.18. The van der Waals surface area contributed by atoms with Crippen LogP contribution in [-0.2, 0) is 11.8 Å². The van der Waals surface area contributed by atoms with E-state index >= 15 is 0 Å². The zero-order valence-corrected chi connectivity index (χ0v) is 13.2. The van der Waals surface area contributed by atoms with Crippen LogP contribution < -0.4 is 10.6 Å². The number of aliphatic hydroxyl groups excluding tert-OH is 1. The van der Waals surface area contributed by atoms with E-state index < -0.39 is 12.0 Å². The Bertz CT molecular complexity index is 684. The maximum Gasteiger partial charge on any atom is 0.253 e. The molecule has 0 fully saturated rings. The first-order valence-corrected chi connectivity index (χ1v) is 7.33. The third-order valence-electron chi connectivity index (χ3n) is 3.11. The van der Waals surface area contributed by atoms with Crippen LogP contribution in [0.25, 0.3) is 0 Å². The van der Waals surface area contributed by atoms with Crippen molar-refractivity contribution in [3.05, 3.63) is 52.8 Å². The number of halogens is 1. The minimum absolute atomic E-state index is 0.204. The van der Waals surface area contributed by atoms with Gasteiger partial charge in [0.25, 0.3) is 11.8 Å². The lowest BCUT2D eigenvalue weighted by atomic mass is 10.2. The van der Waals surface area contributed by atoms with Crippen molar-refractivity contribution >= 4 is 23.4 Å². The van der Waals surface area contributed by atoms with Gasteiger partial charge in [0.2, 0.25) is 0 Å². The van der Waals surface area contributed by atoms with E-state index in [1.807, 2.05) is 0 Å². The van der Waals surface area contributed by atoms with E-state index in [1.165, 1.54) is 10.9 Å². The third kappa shape index (κ3) is 4.80. The number of aryl methyl sites for hydroxylation is 1. The standard InChI is InChI=1S/C15H17ClN4O3/c1-20-9-11(8-19-20)13(21)15(23)18-7-6-17-14(22)10-2-4-12(16)5-3-10/h2-5,8-9,13,21H,6-7H2,1H3,(H,17,22)(H,18,23). The number of carbonyl (C=O) groups excluding carboxylic acids is 2. The number of carbonyl (C=O) groups is 2. The van der Waals surface area contributed by atoms with E-state index in [1.54, 1.807) is 37.5 Å². The van der Waals surface area contributed by atoms with Gasteiger partial charge in [-0.1, -0.05) is 11.6 Å². The molecule has 0 aliphatic carbocycles. The summed E-state index contributed by atoms with van der Waals surface area (Å²) in [5.74, 6) is -0.803. The number of amides is 2. The Morgan fingerprint density at radius 2 is 1.91 bits per heavy atom. The highest BCUT2D eigenvalue weighted by Crippen LogP contribution is 2.11. The number of nitrogens with one attached hydrogen (secondary N) is 2. The van der Waals surface area contributed by atoms with Gasteiger partial charge in [0.1, 0.15) is 0 Å². The molecule has 1 heterocycles. The minimum Gasteiger partial charge on any atom is -0.378 e. The largest absolute Gasteiger partial charge is 0.378 e. The smallest absolute Gasteiger partial charge is 0.253 e. The second-order valence-electron chi connectivity index (χ2n) is 4.90. The summed E-state index contributed by atoms with van der Waals surface area (Å²) in [4.78, 5) is 23.6. The van der Waals surface area contributed by atoms with Gasteiger partial charge in [-0.25, -0.2) is 0 Å². The molecule has 0 bridgehead atoms. The van der Waals surface area contributed by atoms with E-state index in [4.69, 9.17) is 11.6 Å². The first-order valence-electron chi connectivity index (χ1n) is 6.95. The van der Waals surface area contributed by atoms with Crippen LogP contribution in [0, 0.1) is 0 Å². The van der Waals surface area contributed by atoms with Gasteiger partial charge in [0, 0.05) is 42.5 Å². The van der Waals surface area contributed by atoms with Crippen molar-refractivity contribution < 1.29 is 14.7 Å². The molecular formula is C15H17ClN4O3. The zero-order valence-electron chi connectivity index (χ0n) is 12.5. The zero-order chi connectivity index (χ0) is 16.8. The summed E-state index contributed by atoms with van der Waals surface area (Å²) >= 11 is 5.75. The molecule has 23 heavy (non-hydrogen) atoms. The lowest BCUT2D eigenvalue weighted by Crippen LogP contribution is -2.36. The molecule has 7 nitrogen and oxygen atoms in total. The first-order chi connectivity index (χ1) is 11.0. The lowest BCUT2D eigenvalue weighted by Gasteiger charge is -2.10. The second kappa shape index (κ2) is 7.75. The number of aliphatic hydroxyl groups is 1. The van der Waals surface area contributed by atoms with Crippen molar-refractivity contribution in [2.24, 2.45) is 7.05 Å². The Kier molecular flexibility index (Phi) is 5.72. The van der Waals surface area contributed by atoms with Crippen molar-refractivity contribution in [1.29, 1.82) is 0 Å². The van der Waals surface area contributed by atoms with Gasteiger partial charge in [0.15, 0.2) is 6.10 Å². The average molecular weight is 337 g/mol. The molecule has 122 valence electrons. The minimum atomic E-state index is -1.28. The van der Waals surface area contributed by atoms with Crippen molar-refractivity contribution in [1.82, 2.24) is 20.4 Å². The highest BCUT2D eigenvalue weighted by atomic mass is 35.5. The molecule has 1 aromatic carbocycles. The summed E-state index contributed by atoms with van der Waals surface area (Å²) in [7, 11) is 1.69. The van der Waals surface area contributed by atoms with Gasteiger partial charge in [-0.2, -0.15) is 5.10 Å². The summed E-state index contributed by atoms with van der Waals surface area (Å²) in [6.45, 7) is 0.447. The predicted octanol–water partition coefficient (Wildman–Crippen LogP) is 0.653. The monoisotopic (exact) mass is 336 g/mol. The maximum atomic E-state index is 11.8. The molecule has 0 spiro atoms. The molecule has 0 saturated carbocycles. The van der Waals surface area contributed by atoms with Crippen LogP contribution >= 0.6 is 11.6 Å². The van der Waals surface area contributed by atoms with E-state index in [2.05, 4.69) is 15.7 Å². The van der Waals surface area contributed by atoms with Crippen LogP contribution in [0.5, 0.6) is 0 Å². The number of aromatic nitrogens is 2. The molecule has 2 rings (SSSR count). The molecule has 0 aliphatic rings. The van der Waals surface area contributed by atoms with E-state index in [-0.39, 0.29) is 19.0 Å². The van der Waals surface area contributed by atoms with E-state index in [0.717, 1.165) is 0 Å². The topological polar surface area (TPSA) is 96.3 Å². The van der Waals surface area contributed by atoms with Gasteiger partial charge in [0.05, 0.1) is 6.20 Å². The molecule has 0 radical (unpaired) electrons. The summed E-state index contributed by atoms with van der Waals surface area (Å²) in [6, 6.07) is 6.48. The number of hydrogen-bond donors (Lipinski definition) is 3. The fourth-order valence-corrected chi connectivity index (χ4v) is 2.02. The van der Waals surface area contributed by atoms with Crippen molar-refractivity contribution in [2.45, 2.75) is 6.10 Å². The Morgan fingerprint density at radius 3 is 2.52 bits per heavy atom. The molecule has 2 amide bonds. The Labute approximate surface area is 138 Å². The van der Waals surface area contributed by atoms with Crippen LogP contribution in [0.15, 0.2) is 36.7 Å². The average Bonchev–Trinajstić information content (AvgIpc) is 2.97.